The number of fused-ring (bicyclic) bond motifs is 1. The van der Waals surface area contributed by atoms with Crippen molar-refractivity contribution in [2.45, 2.75) is 0 Å². The van der Waals surface area contributed by atoms with E-state index in [0.717, 1.165) is 20.6 Å². The zero-order valence-corrected chi connectivity index (χ0v) is 12.9. The van der Waals surface area contributed by atoms with Crippen molar-refractivity contribution in [1.29, 1.82) is 0 Å². The Morgan fingerprint density at radius 3 is 2.53 bits per heavy atom. The molecule has 19 heavy (non-hydrogen) atoms. The highest BCUT2D eigenvalue weighted by Crippen LogP contribution is 2.22. The van der Waals surface area contributed by atoms with Crippen molar-refractivity contribution in [3.05, 3.63) is 46.6 Å². The number of nitrogens with zero attached hydrogens (tertiary/aromatic N) is 4. The number of rotatable bonds is 2. The molecule has 0 unspecified atom stereocenters. The zero-order chi connectivity index (χ0) is 13.4. The maximum Gasteiger partial charge on any atom is 0.156 e. The number of hydrogen-bond acceptors (Lipinski definition) is 3. The third-order valence-corrected chi connectivity index (χ3v) is 3.55. The summed E-state index contributed by atoms with van der Waals surface area (Å²) in [4.78, 5) is 10.9. The molecule has 3 rings (SSSR count). The van der Waals surface area contributed by atoms with Crippen LogP contribution in [0.5, 0.6) is 0 Å². The molecule has 2 heterocycles. The van der Waals surface area contributed by atoms with Gasteiger partial charge in [0.05, 0.1) is 11.9 Å². The Kier molecular flexibility index (Phi) is 3.14. The second-order valence-corrected chi connectivity index (χ2v) is 5.65. The van der Waals surface area contributed by atoms with Crippen molar-refractivity contribution in [1.82, 2.24) is 14.4 Å². The number of anilines is 1. The maximum absolute atomic E-state index is 4.58. The van der Waals surface area contributed by atoms with Crippen LogP contribution in [0.1, 0.15) is 0 Å². The summed E-state index contributed by atoms with van der Waals surface area (Å²) in [6.45, 7) is 0. The number of halogens is 1. The Hall–Kier alpha value is -1.63. The van der Waals surface area contributed by atoms with E-state index in [1.807, 2.05) is 30.9 Å². The molecule has 0 saturated heterocycles. The highest BCUT2D eigenvalue weighted by molar-refractivity contribution is 14.1. The molecular formula is C14H13IN4. The van der Waals surface area contributed by atoms with Gasteiger partial charge in [-0.2, -0.15) is 0 Å². The predicted octanol–water partition coefficient (Wildman–Crippen LogP) is 3.07. The standard InChI is InChI=1S/C14H13IN4/c1-18(2)11-5-3-10(4-6-11)12-8-19-9-13(15)16-7-14(19)17-12/h3-9H,1-2H3. The lowest BCUT2D eigenvalue weighted by Crippen LogP contribution is -2.07. The third kappa shape index (κ3) is 2.42. The van der Waals surface area contributed by atoms with Gasteiger partial charge in [0, 0.05) is 37.7 Å². The highest BCUT2D eigenvalue weighted by Gasteiger charge is 2.05. The first kappa shape index (κ1) is 12.4. The van der Waals surface area contributed by atoms with Gasteiger partial charge in [0.2, 0.25) is 0 Å². The summed E-state index contributed by atoms with van der Waals surface area (Å²) < 4.78 is 2.96. The topological polar surface area (TPSA) is 33.4 Å². The molecule has 0 saturated carbocycles. The monoisotopic (exact) mass is 364 g/mol. The molecule has 5 heteroatoms. The first-order valence-electron chi connectivity index (χ1n) is 5.91. The van der Waals surface area contributed by atoms with E-state index < -0.39 is 0 Å². The lowest BCUT2D eigenvalue weighted by Gasteiger charge is -2.12. The first-order chi connectivity index (χ1) is 9.13. The number of hydrogen-bond donors (Lipinski definition) is 0. The van der Waals surface area contributed by atoms with Gasteiger partial charge in [0.1, 0.15) is 3.70 Å². The molecule has 1 aromatic carbocycles. The summed E-state index contributed by atoms with van der Waals surface area (Å²) >= 11 is 2.20. The van der Waals surface area contributed by atoms with Crippen LogP contribution < -0.4 is 4.90 Å². The third-order valence-electron chi connectivity index (χ3n) is 2.99. The van der Waals surface area contributed by atoms with Crippen LogP contribution in [-0.2, 0) is 0 Å². The van der Waals surface area contributed by atoms with Gasteiger partial charge < -0.3 is 9.30 Å². The molecule has 0 atom stereocenters. The van der Waals surface area contributed by atoms with Crippen molar-refractivity contribution in [3.63, 3.8) is 0 Å². The average Bonchev–Trinajstić information content (AvgIpc) is 2.81. The van der Waals surface area contributed by atoms with E-state index in [4.69, 9.17) is 0 Å². The summed E-state index contributed by atoms with van der Waals surface area (Å²) in [5.41, 5.74) is 4.13. The first-order valence-corrected chi connectivity index (χ1v) is 6.99. The number of imidazole rings is 1. The van der Waals surface area contributed by atoms with Crippen LogP contribution in [0.3, 0.4) is 0 Å². The zero-order valence-electron chi connectivity index (χ0n) is 10.7. The van der Waals surface area contributed by atoms with Crippen molar-refractivity contribution >= 4 is 33.9 Å². The van der Waals surface area contributed by atoms with Crippen LogP contribution in [0.4, 0.5) is 5.69 Å². The molecule has 0 spiro atoms. The van der Waals surface area contributed by atoms with Gasteiger partial charge in [-0.25, -0.2) is 9.97 Å². The molecule has 0 bridgehead atoms. The molecule has 96 valence electrons. The van der Waals surface area contributed by atoms with Gasteiger partial charge in [-0.15, -0.1) is 0 Å². The lowest BCUT2D eigenvalue weighted by atomic mass is 10.1. The van der Waals surface area contributed by atoms with Gasteiger partial charge in [-0.1, -0.05) is 12.1 Å². The minimum Gasteiger partial charge on any atom is -0.378 e. The lowest BCUT2D eigenvalue weighted by molar-refractivity contribution is 1.10. The van der Waals surface area contributed by atoms with E-state index in [2.05, 4.69) is 61.7 Å². The van der Waals surface area contributed by atoms with Crippen LogP contribution >= 0.6 is 22.6 Å². The van der Waals surface area contributed by atoms with Gasteiger partial charge in [-0.3, -0.25) is 0 Å². The van der Waals surface area contributed by atoms with E-state index in [0.29, 0.717) is 0 Å². The molecule has 0 amide bonds. The fraction of sp³-hybridized carbons (Fsp3) is 0.143. The smallest absolute Gasteiger partial charge is 0.156 e. The van der Waals surface area contributed by atoms with E-state index >= 15 is 0 Å². The van der Waals surface area contributed by atoms with E-state index in [-0.39, 0.29) is 0 Å². The van der Waals surface area contributed by atoms with Crippen molar-refractivity contribution < 1.29 is 0 Å². The van der Waals surface area contributed by atoms with Gasteiger partial charge in [-0.05, 0) is 34.7 Å². The van der Waals surface area contributed by atoms with Gasteiger partial charge in [0.25, 0.3) is 0 Å². The molecule has 0 aliphatic heterocycles. The van der Waals surface area contributed by atoms with Gasteiger partial charge >= 0.3 is 0 Å². The van der Waals surface area contributed by atoms with Gasteiger partial charge in [0.15, 0.2) is 5.65 Å². The van der Waals surface area contributed by atoms with Crippen LogP contribution in [0, 0.1) is 3.70 Å². The molecule has 3 aromatic rings. The molecule has 0 radical (unpaired) electrons. The summed E-state index contributed by atoms with van der Waals surface area (Å²) in [5.74, 6) is 0. The van der Waals surface area contributed by atoms with Crippen molar-refractivity contribution in [2.24, 2.45) is 0 Å². The number of benzene rings is 1. The Balaban J connectivity index is 2.03. The highest BCUT2D eigenvalue weighted by atomic mass is 127. The largest absolute Gasteiger partial charge is 0.378 e. The molecule has 0 aliphatic rings. The van der Waals surface area contributed by atoms with Crippen molar-refractivity contribution in [2.75, 3.05) is 19.0 Å². The van der Waals surface area contributed by atoms with Crippen molar-refractivity contribution in [3.8, 4) is 11.3 Å². The fourth-order valence-electron chi connectivity index (χ4n) is 1.94. The van der Waals surface area contributed by atoms with E-state index in [1.54, 1.807) is 6.20 Å². The molecule has 0 aliphatic carbocycles. The summed E-state index contributed by atoms with van der Waals surface area (Å²) in [7, 11) is 4.07. The van der Waals surface area contributed by atoms with E-state index in [1.165, 1.54) is 5.69 Å². The predicted molar refractivity (Wildman–Crippen MR) is 85.5 cm³/mol. The molecule has 0 fully saturated rings. The summed E-state index contributed by atoms with van der Waals surface area (Å²) in [6, 6.07) is 8.38. The van der Waals surface area contributed by atoms with Crippen LogP contribution in [0.25, 0.3) is 16.9 Å². The Bertz CT molecular complexity index is 716. The normalized spacial score (nSPS) is 10.9. The Labute approximate surface area is 125 Å². The summed E-state index contributed by atoms with van der Waals surface area (Å²) in [6.07, 6.45) is 5.80. The van der Waals surface area contributed by atoms with Crippen LogP contribution in [0.2, 0.25) is 0 Å². The minimum absolute atomic E-state index is 0.868. The SMILES string of the molecule is CN(C)c1ccc(-c2cn3cc(I)ncc3n2)cc1. The van der Waals surface area contributed by atoms with E-state index in [9.17, 15) is 0 Å². The Morgan fingerprint density at radius 1 is 1.11 bits per heavy atom. The minimum atomic E-state index is 0.868. The molecule has 4 nitrogen and oxygen atoms in total. The second kappa shape index (κ2) is 4.80. The number of aromatic nitrogens is 3. The van der Waals surface area contributed by atoms with Crippen LogP contribution in [0.15, 0.2) is 42.9 Å². The fourth-order valence-corrected chi connectivity index (χ4v) is 2.38. The Morgan fingerprint density at radius 2 is 1.84 bits per heavy atom. The summed E-state index contributed by atoms with van der Waals surface area (Å²) in [5, 5.41) is 0. The molecular weight excluding hydrogens is 351 g/mol. The average molecular weight is 364 g/mol. The van der Waals surface area contributed by atoms with Crippen LogP contribution in [-0.4, -0.2) is 28.5 Å². The molecule has 0 N–H and O–H groups in total. The molecule has 2 aromatic heterocycles. The maximum atomic E-state index is 4.58. The quantitative estimate of drug-likeness (QED) is 0.656. The second-order valence-electron chi connectivity index (χ2n) is 4.54.